The van der Waals surface area contributed by atoms with Gasteiger partial charge in [-0.1, -0.05) is 28.1 Å². The third-order valence-corrected chi connectivity index (χ3v) is 2.91. The molecule has 0 aliphatic rings. The van der Waals surface area contributed by atoms with E-state index >= 15 is 0 Å². The van der Waals surface area contributed by atoms with Gasteiger partial charge in [-0.3, -0.25) is 9.59 Å². The second-order valence-corrected chi connectivity index (χ2v) is 4.86. The summed E-state index contributed by atoms with van der Waals surface area (Å²) in [6.07, 6.45) is 0.576. The number of hydrogen-bond acceptors (Lipinski definition) is 3. The van der Waals surface area contributed by atoms with Gasteiger partial charge >= 0.3 is 0 Å². The first kappa shape index (κ1) is 14.7. The van der Waals surface area contributed by atoms with Crippen molar-refractivity contribution >= 4 is 27.7 Å². The van der Waals surface area contributed by atoms with E-state index in [1.165, 1.54) is 0 Å². The molecule has 0 aliphatic carbocycles. The van der Waals surface area contributed by atoms with Crippen LogP contribution in [0, 0.1) is 0 Å². The van der Waals surface area contributed by atoms with Gasteiger partial charge in [-0.15, -0.1) is 0 Å². The quantitative estimate of drug-likeness (QED) is 0.705. The number of halogens is 1. The van der Waals surface area contributed by atoms with Crippen molar-refractivity contribution in [1.82, 2.24) is 5.32 Å². The Hall–Kier alpha value is -1.40. The Balaban J connectivity index is 2.31. The predicted octanol–water partition coefficient (Wildman–Crippen LogP) is 0.310. The molecule has 1 atom stereocenters. The van der Waals surface area contributed by atoms with Crippen LogP contribution < -0.4 is 16.8 Å². The van der Waals surface area contributed by atoms with Gasteiger partial charge in [0, 0.05) is 11.0 Å². The Kier molecular flexibility index (Phi) is 5.80. The highest BCUT2D eigenvalue weighted by molar-refractivity contribution is 9.10. The number of amides is 2. The summed E-state index contributed by atoms with van der Waals surface area (Å²) < 4.78 is 1.01. The summed E-state index contributed by atoms with van der Waals surface area (Å²) in [5.41, 5.74) is 11.6. The van der Waals surface area contributed by atoms with Gasteiger partial charge < -0.3 is 16.8 Å². The zero-order valence-corrected chi connectivity index (χ0v) is 11.4. The van der Waals surface area contributed by atoms with Gasteiger partial charge in [0.2, 0.25) is 11.8 Å². The van der Waals surface area contributed by atoms with Crippen molar-refractivity contribution in [2.45, 2.75) is 18.9 Å². The van der Waals surface area contributed by atoms with E-state index in [0.29, 0.717) is 13.0 Å². The molecule has 98 valence electrons. The Morgan fingerprint density at radius 3 is 2.44 bits per heavy atom. The van der Waals surface area contributed by atoms with Crippen molar-refractivity contribution in [3.63, 3.8) is 0 Å². The molecule has 0 spiro atoms. The molecule has 1 rings (SSSR count). The molecule has 6 heteroatoms. The van der Waals surface area contributed by atoms with E-state index in [1.54, 1.807) is 0 Å². The lowest BCUT2D eigenvalue weighted by Gasteiger charge is -2.10. The van der Waals surface area contributed by atoms with Crippen molar-refractivity contribution in [2.75, 3.05) is 6.54 Å². The van der Waals surface area contributed by atoms with Crippen LogP contribution in [0.25, 0.3) is 0 Å². The fraction of sp³-hybridized carbons (Fsp3) is 0.333. The van der Waals surface area contributed by atoms with Crippen molar-refractivity contribution < 1.29 is 9.59 Å². The number of rotatable bonds is 6. The molecule has 2 amide bonds. The molecule has 0 aliphatic heterocycles. The average molecular weight is 314 g/mol. The van der Waals surface area contributed by atoms with Crippen LogP contribution in [0.2, 0.25) is 0 Å². The highest BCUT2D eigenvalue weighted by atomic mass is 79.9. The highest BCUT2D eigenvalue weighted by Gasteiger charge is 2.14. The molecule has 0 saturated carbocycles. The molecule has 0 saturated heterocycles. The number of carbonyl (C=O) groups excluding carboxylic acids is 2. The maximum atomic E-state index is 11.5. The number of carbonyl (C=O) groups is 2. The Morgan fingerprint density at radius 2 is 1.89 bits per heavy atom. The lowest BCUT2D eigenvalue weighted by Crippen LogP contribution is -2.43. The van der Waals surface area contributed by atoms with E-state index < -0.39 is 11.9 Å². The number of nitrogens with one attached hydrogen (secondary N) is 1. The van der Waals surface area contributed by atoms with Crippen LogP contribution in [0.3, 0.4) is 0 Å². The van der Waals surface area contributed by atoms with Crippen LogP contribution in [0.1, 0.15) is 12.0 Å². The Morgan fingerprint density at radius 1 is 1.28 bits per heavy atom. The minimum atomic E-state index is -0.868. The van der Waals surface area contributed by atoms with E-state index in [9.17, 15) is 9.59 Å². The minimum absolute atomic E-state index is 0.135. The fourth-order valence-corrected chi connectivity index (χ4v) is 1.69. The molecule has 0 heterocycles. The third kappa shape index (κ3) is 5.29. The van der Waals surface area contributed by atoms with Crippen LogP contribution >= 0.6 is 15.9 Å². The smallest absolute Gasteiger partial charge is 0.237 e. The van der Waals surface area contributed by atoms with Crippen LogP contribution in [0.15, 0.2) is 28.7 Å². The van der Waals surface area contributed by atoms with Crippen molar-refractivity contribution in [1.29, 1.82) is 0 Å². The van der Waals surface area contributed by atoms with E-state index in [4.69, 9.17) is 11.5 Å². The highest BCUT2D eigenvalue weighted by Crippen LogP contribution is 2.10. The average Bonchev–Trinajstić information content (AvgIpc) is 2.30. The molecule has 0 bridgehead atoms. The van der Waals surface area contributed by atoms with Gasteiger partial charge in [0.25, 0.3) is 0 Å². The van der Waals surface area contributed by atoms with Gasteiger partial charge in [0.05, 0.1) is 12.5 Å². The molecule has 18 heavy (non-hydrogen) atoms. The van der Waals surface area contributed by atoms with Gasteiger partial charge in [0.1, 0.15) is 0 Å². The minimum Gasteiger partial charge on any atom is -0.370 e. The summed E-state index contributed by atoms with van der Waals surface area (Å²) >= 11 is 3.35. The summed E-state index contributed by atoms with van der Waals surface area (Å²) in [5, 5.41) is 2.67. The summed E-state index contributed by atoms with van der Waals surface area (Å²) in [7, 11) is 0. The lowest BCUT2D eigenvalue weighted by molar-refractivity contribution is -0.126. The fourth-order valence-electron chi connectivity index (χ4n) is 1.42. The second-order valence-electron chi connectivity index (χ2n) is 3.94. The lowest BCUT2D eigenvalue weighted by atomic mass is 10.1. The van der Waals surface area contributed by atoms with Crippen LogP contribution in [0.4, 0.5) is 0 Å². The third-order valence-electron chi connectivity index (χ3n) is 2.38. The van der Waals surface area contributed by atoms with E-state index in [-0.39, 0.29) is 12.3 Å². The monoisotopic (exact) mass is 313 g/mol. The number of nitrogens with two attached hydrogens (primary N) is 2. The van der Waals surface area contributed by atoms with E-state index in [1.807, 2.05) is 24.3 Å². The number of benzene rings is 1. The molecule has 5 N–H and O–H groups in total. The first-order chi connectivity index (χ1) is 8.49. The normalized spacial score (nSPS) is 11.9. The zero-order valence-electron chi connectivity index (χ0n) is 9.86. The van der Waals surface area contributed by atoms with Gasteiger partial charge in [-0.25, -0.2) is 0 Å². The Labute approximate surface area is 114 Å². The maximum Gasteiger partial charge on any atom is 0.237 e. The molecule has 0 fully saturated rings. The van der Waals surface area contributed by atoms with Crippen LogP contribution in [0.5, 0.6) is 0 Å². The standard InChI is InChI=1S/C12H16BrN3O2/c13-9-3-1-8(2-4-9)5-6-16-12(18)10(14)7-11(15)17/h1-4,10H,5-7,14H2,(H2,15,17)(H,16,18). The van der Waals surface area contributed by atoms with Gasteiger partial charge in [-0.05, 0) is 24.1 Å². The van der Waals surface area contributed by atoms with Gasteiger partial charge in [0.15, 0.2) is 0 Å². The molecule has 1 aromatic carbocycles. The molecule has 0 radical (unpaired) electrons. The first-order valence-electron chi connectivity index (χ1n) is 5.55. The SMILES string of the molecule is NC(=O)CC(N)C(=O)NCCc1ccc(Br)cc1. The largest absolute Gasteiger partial charge is 0.370 e. The molecule has 0 aromatic heterocycles. The van der Waals surface area contributed by atoms with Crippen molar-refractivity contribution in [2.24, 2.45) is 11.5 Å². The number of primary amides is 1. The first-order valence-corrected chi connectivity index (χ1v) is 6.34. The number of hydrogen-bond donors (Lipinski definition) is 3. The van der Waals surface area contributed by atoms with Crippen LogP contribution in [-0.4, -0.2) is 24.4 Å². The molecular weight excluding hydrogens is 298 g/mol. The van der Waals surface area contributed by atoms with E-state index in [0.717, 1.165) is 10.0 Å². The summed E-state index contributed by atoms with van der Waals surface area (Å²) in [6, 6.07) is 6.96. The predicted molar refractivity (Wildman–Crippen MR) is 72.6 cm³/mol. The molecule has 1 unspecified atom stereocenters. The second kappa shape index (κ2) is 7.13. The van der Waals surface area contributed by atoms with Crippen molar-refractivity contribution in [3.8, 4) is 0 Å². The molecule has 5 nitrogen and oxygen atoms in total. The zero-order chi connectivity index (χ0) is 13.5. The van der Waals surface area contributed by atoms with E-state index in [2.05, 4.69) is 21.2 Å². The maximum absolute atomic E-state index is 11.5. The van der Waals surface area contributed by atoms with Gasteiger partial charge in [-0.2, -0.15) is 0 Å². The summed E-state index contributed by atoms with van der Waals surface area (Å²) in [6.45, 7) is 0.479. The topological polar surface area (TPSA) is 98.2 Å². The molecule has 1 aromatic rings. The summed E-state index contributed by atoms with van der Waals surface area (Å²) in [4.78, 5) is 22.1. The van der Waals surface area contributed by atoms with Crippen molar-refractivity contribution in [3.05, 3.63) is 34.3 Å². The molecular formula is C12H16BrN3O2. The van der Waals surface area contributed by atoms with Crippen LogP contribution in [-0.2, 0) is 16.0 Å². The Bertz CT molecular complexity index is 420. The summed E-state index contributed by atoms with van der Waals surface area (Å²) in [5.74, 6) is -0.934.